The first-order chi connectivity index (χ1) is 8.26. The lowest BCUT2D eigenvalue weighted by atomic mass is 10.2. The van der Waals surface area contributed by atoms with Crippen LogP contribution < -0.4 is 0 Å². The maximum atomic E-state index is 8.98. The molecule has 0 bridgehead atoms. The fourth-order valence-corrected chi connectivity index (χ4v) is 3.40. The summed E-state index contributed by atoms with van der Waals surface area (Å²) in [6.45, 7) is 4.72. The van der Waals surface area contributed by atoms with Crippen molar-refractivity contribution in [1.29, 1.82) is 0 Å². The van der Waals surface area contributed by atoms with E-state index < -0.39 is 0 Å². The second-order valence-electron chi connectivity index (χ2n) is 3.93. The monoisotopic (exact) mass is 269 g/mol. The summed E-state index contributed by atoms with van der Waals surface area (Å²) in [5, 5.41) is 11.0. The van der Waals surface area contributed by atoms with E-state index in [9.17, 15) is 0 Å². The first-order valence-corrected chi connectivity index (χ1v) is 6.94. The third-order valence-corrected chi connectivity index (χ3v) is 4.53. The molecule has 0 amide bonds. The molecule has 1 aromatic carbocycles. The summed E-state index contributed by atoms with van der Waals surface area (Å²) in [7, 11) is 0. The zero-order valence-electron chi connectivity index (χ0n) is 9.82. The molecule has 2 nitrogen and oxygen atoms in total. The number of aliphatic hydroxyl groups is 1. The van der Waals surface area contributed by atoms with Gasteiger partial charge in [-0.15, -0.1) is 11.3 Å². The lowest BCUT2D eigenvalue weighted by Crippen LogP contribution is -2.25. The standard InChI is InChI=1S/C13H16ClNOS/c1-2-15(7-8-16)9-12-13(14)10-5-3-4-6-11(10)17-12/h3-6,16H,2,7-9H2,1H3. The number of benzene rings is 1. The second-order valence-corrected chi connectivity index (χ2v) is 5.44. The first-order valence-electron chi connectivity index (χ1n) is 5.75. The Hall–Kier alpha value is -0.610. The number of thiophene rings is 1. The molecule has 0 unspecified atom stereocenters. The van der Waals surface area contributed by atoms with Crippen molar-refractivity contribution in [3.05, 3.63) is 34.2 Å². The molecule has 17 heavy (non-hydrogen) atoms. The van der Waals surface area contributed by atoms with Crippen molar-refractivity contribution in [2.24, 2.45) is 0 Å². The number of fused-ring (bicyclic) bond motifs is 1. The molecule has 1 N–H and O–H groups in total. The van der Waals surface area contributed by atoms with E-state index in [2.05, 4.69) is 24.0 Å². The molecule has 0 spiro atoms. The lowest BCUT2D eigenvalue weighted by Gasteiger charge is -2.18. The van der Waals surface area contributed by atoms with Crippen LogP contribution in [0.2, 0.25) is 5.02 Å². The van der Waals surface area contributed by atoms with Crippen molar-refractivity contribution in [3.8, 4) is 0 Å². The fraction of sp³-hybridized carbons (Fsp3) is 0.385. The van der Waals surface area contributed by atoms with Crippen LogP contribution in [-0.4, -0.2) is 29.7 Å². The summed E-state index contributed by atoms with van der Waals surface area (Å²) in [5.74, 6) is 0. The smallest absolute Gasteiger partial charge is 0.0637 e. The zero-order chi connectivity index (χ0) is 12.3. The summed E-state index contributed by atoms with van der Waals surface area (Å²) < 4.78 is 1.23. The molecule has 0 radical (unpaired) electrons. The molecule has 2 rings (SSSR count). The number of nitrogens with zero attached hydrogens (tertiary/aromatic N) is 1. The molecule has 1 heterocycles. The van der Waals surface area contributed by atoms with Gasteiger partial charge in [-0.25, -0.2) is 0 Å². The highest BCUT2D eigenvalue weighted by molar-refractivity contribution is 7.19. The number of hydrogen-bond acceptors (Lipinski definition) is 3. The van der Waals surface area contributed by atoms with E-state index in [0.717, 1.165) is 23.5 Å². The molecule has 4 heteroatoms. The van der Waals surface area contributed by atoms with Crippen LogP contribution in [0.15, 0.2) is 24.3 Å². The van der Waals surface area contributed by atoms with Crippen LogP contribution in [0, 0.1) is 0 Å². The normalized spacial score (nSPS) is 11.5. The number of aliphatic hydroxyl groups excluding tert-OH is 1. The Bertz CT molecular complexity index is 497. The minimum absolute atomic E-state index is 0.191. The number of rotatable bonds is 5. The van der Waals surface area contributed by atoms with Gasteiger partial charge >= 0.3 is 0 Å². The van der Waals surface area contributed by atoms with E-state index >= 15 is 0 Å². The highest BCUT2D eigenvalue weighted by Gasteiger charge is 2.12. The van der Waals surface area contributed by atoms with Gasteiger partial charge in [0.15, 0.2) is 0 Å². The third kappa shape index (κ3) is 2.80. The van der Waals surface area contributed by atoms with E-state index in [-0.39, 0.29) is 6.61 Å². The van der Waals surface area contributed by atoms with Crippen LogP contribution >= 0.6 is 22.9 Å². The fourth-order valence-electron chi connectivity index (χ4n) is 1.86. The van der Waals surface area contributed by atoms with E-state index in [1.807, 2.05) is 12.1 Å². The van der Waals surface area contributed by atoms with Crippen LogP contribution in [-0.2, 0) is 6.54 Å². The molecule has 1 aromatic heterocycles. The van der Waals surface area contributed by atoms with E-state index in [1.165, 1.54) is 9.58 Å². The van der Waals surface area contributed by atoms with Crippen LogP contribution in [0.4, 0.5) is 0 Å². The SMILES string of the molecule is CCN(CCO)Cc1sc2ccccc2c1Cl. The first kappa shape index (κ1) is 12.8. The van der Waals surface area contributed by atoms with E-state index in [0.29, 0.717) is 6.54 Å². The van der Waals surface area contributed by atoms with Crippen molar-refractivity contribution >= 4 is 33.0 Å². The molecule has 0 saturated carbocycles. The topological polar surface area (TPSA) is 23.5 Å². The third-order valence-electron chi connectivity index (χ3n) is 2.83. The van der Waals surface area contributed by atoms with Gasteiger partial charge in [-0.3, -0.25) is 4.90 Å². The van der Waals surface area contributed by atoms with Crippen molar-refractivity contribution in [2.45, 2.75) is 13.5 Å². The van der Waals surface area contributed by atoms with E-state index in [4.69, 9.17) is 16.7 Å². The van der Waals surface area contributed by atoms with Gasteiger partial charge in [0.05, 0.1) is 11.6 Å². The summed E-state index contributed by atoms with van der Waals surface area (Å²) in [6, 6.07) is 8.19. The van der Waals surface area contributed by atoms with Gasteiger partial charge in [-0.05, 0) is 12.6 Å². The average molecular weight is 270 g/mol. The van der Waals surface area contributed by atoms with Crippen LogP contribution in [0.5, 0.6) is 0 Å². The van der Waals surface area contributed by atoms with Gasteiger partial charge in [-0.1, -0.05) is 36.7 Å². The summed E-state index contributed by atoms with van der Waals surface area (Å²) in [6.07, 6.45) is 0. The Labute approximate surface area is 110 Å². The Morgan fingerprint density at radius 2 is 2.12 bits per heavy atom. The Balaban J connectivity index is 2.26. The minimum Gasteiger partial charge on any atom is -0.395 e. The van der Waals surface area contributed by atoms with Crippen molar-refractivity contribution in [1.82, 2.24) is 4.90 Å². The summed E-state index contributed by atoms with van der Waals surface area (Å²) in [5.41, 5.74) is 0. The predicted molar refractivity (Wildman–Crippen MR) is 74.9 cm³/mol. The molecule has 0 atom stereocenters. The highest BCUT2D eigenvalue weighted by atomic mass is 35.5. The second kappa shape index (κ2) is 5.83. The summed E-state index contributed by atoms with van der Waals surface area (Å²) >= 11 is 8.12. The van der Waals surface area contributed by atoms with Crippen molar-refractivity contribution < 1.29 is 5.11 Å². The summed E-state index contributed by atoms with van der Waals surface area (Å²) in [4.78, 5) is 3.37. The van der Waals surface area contributed by atoms with Gasteiger partial charge in [0.25, 0.3) is 0 Å². The Morgan fingerprint density at radius 1 is 1.35 bits per heavy atom. The van der Waals surface area contributed by atoms with Gasteiger partial charge in [0.1, 0.15) is 0 Å². The molecular weight excluding hydrogens is 254 g/mol. The molecular formula is C13H16ClNOS. The lowest BCUT2D eigenvalue weighted by molar-refractivity contribution is 0.198. The predicted octanol–water partition coefficient (Wildman–Crippen LogP) is 3.37. The molecule has 0 fully saturated rings. The number of halogens is 1. The van der Waals surface area contributed by atoms with Crippen LogP contribution in [0.3, 0.4) is 0 Å². The maximum Gasteiger partial charge on any atom is 0.0637 e. The molecule has 0 aliphatic rings. The highest BCUT2D eigenvalue weighted by Crippen LogP contribution is 2.35. The minimum atomic E-state index is 0.191. The van der Waals surface area contributed by atoms with Gasteiger partial charge in [0, 0.05) is 28.1 Å². The number of likely N-dealkylation sites (N-methyl/N-ethyl adjacent to an activating group) is 1. The zero-order valence-corrected chi connectivity index (χ0v) is 11.4. The Morgan fingerprint density at radius 3 is 2.76 bits per heavy atom. The molecule has 0 aliphatic heterocycles. The van der Waals surface area contributed by atoms with Crippen LogP contribution in [0.1, 0.15) is 11.8 Å². The van der Waals surface area contributed by atoms with Crippen molar-refractivity contribution in [3.63, 3.8) is 0 Å². The van der Waals surface area contributed by atoms with Gasteiger partial charge < -0.3 is 5.11 Å². The molecule has 0 saturated heterocycles. The van der Waals surface area contributed by atoms with Gasteiger partial charge in [0.2, 0.25) is 0 Å². The maximum absolute atomic E-state index is 8.98. The largest absolute Gasteiger partial charge is 0.395 e. The average Bonchev–Trinajstić information content (AvgIpc) is 2.66. The van der Waals surface area contributed by atoms with Gasteiger partial charge in [-0.2, -0.15) is 0 Å². The Kier molecular flexibility index (Phi) is 4.40. The number of hydrogen-bond donors (Lipinski definition) is 1. The van der Waals surface area contributed by atoms with Crippen LogP contribution in [0.25, 0.3) is 10.1 Å². The molecule has 2 aromatic rings. The molecule has 92 valence electrons. The van der Waals surface area contributed by atoms with Crippen molar-refractivity contribution in [2.75, 3.05) is 19.7 Å². The molecule has 0 aliphatic carbocycles. The quantitative estimate of drug-likeness (QED) is 0.900. The van der Waals surface area contributed by atoms with E-state index in [1.54, 1.807) is 11.3 Å².